The predicted molar refractivity (Wildman–Crippen MR) is 95.0 cm³/mol. The number of likely N-dealkylation sites (tertiary alicyclic amines) is 1. The summed E-state index contributed by atoms with van der Waals surface area (Å²) in [6, 6.07) is -0.417. The van der Waals surface area contributed by atoms with Crippen molar-refractivity contribution >= 4 is 17.7 Å². The summed E-state index contributed by atoms with van der Waals surface area (Å²) in [5.41, 5.74) is 5.96. The highest BCUT2D eigenvalue weighted by atomic mass is 32.2. The zero-order valence-electron chi connectivity index (χ0n) is 14.3. The number of unbranched alkanes of at least 4 members (excludes halogenated alkanes) is 1. The van der Waals surface area contributed by atoms with Gasteiger partial charge >= 0.3 is 0 Å². The Bertz CT molecular complexity index is 305. The second-order valence-corrected chi connectivity index (χ2v) is 8.00. The molecule has 1 fully saturated rings. The first-order valence-electron chi connectivity index (χ1n) is 8.77. The maximum absolute atomic E-state index is 12.3. The number of carbonyl (C=O) groups excluding carboxylic acids is 1. The van der Waals surface area contributed by atoms with Crippen LogP contribution >= 0.6 is 11.8 Å². The SMILES string of the molecule is CC(C)CCCCC1CCN(C(=O)C(N)CSCCO)CC1. The number of nitrogens with two attached hydrogens (primary N) is 1. The summed E-state index contributed by atoms with van der Waals surface area (Å²) in [7, 11) is 0. The first-order valence-corrected chi connectivity index (χ1v) is 9.93. The summed E-state index contributed by atoms with van der Waals surface area (Å²) >= 11 is 1.55. The van der Waals surface area contributed by atoms with Gasteiger partial charge in [-0.2, -0.15) is 11.8 Å². The summed E-state index contributed by atoms with van der Waals surface area (Å²) in [6.07, 6.45) is 7.57. The molecule has 0 aromatic heterocycles. The highest BCUT2D eigenvalue weighted by Gasteiger charge is 2.25. The summed E-state index contributed by atoms with van der Waals surface area (Å²) in [5.74, 6) is 2.94. The Balaban J connectivity index is 2.16. The van der Waals surface area contributed by atoms with Crippen molar-refractivity contribution in [3.63, 3.8) is 0 Å². The van der Waals surface area contributed by atoms with Gasteiger partial charge in [-0.25, -0.2) is 0 Å². The zero-order chi connectivity index (χ0) is 16.4. The van der Waals surface area contributed by atoms with Gasteiger partial charge in [-0.15, -0.1) is 0 Å². The summed E-state index contributed by atoms with van der Waals surface area (Å²) < 4.78 is 0. The smallest absolute Gasteiger partial charge is 0.240 e. The third kappa shape index (κ3) is 7.84. The van der Waals surface area contributed by atoms with Crippen molar-refractivity contribution in [1.29, 1.82) is 0 Å². The number of rotatable bonds is 10. The van der Waals surface area contributed by atoms with E-state index in [1.165, 1.54) is 25.7 Å². The molecule has 130 valence electrons. The van der Waals surface area contributed by atoms with Gasteiger partial charge in [-0.1, -0.05) is 39.5 Å². The van der Waals surface area contributed by atoms with Crippen LogP contribution in [0, 0.1) is 11.8 Å². The van der Waals surface area contributed by atoms with E-state index < -0.39 is 6.04 Å². The molecule has 0 saturated carbocycles. The van der Waals surface area contributed by atoms with E-state index in [2.05, 4.69) is 13.8 Å². The van der Waals surface area contributed by atoms with Crippen molar-refractivity contribution < 1.29 is 9.90 Å². The van der Waals surface area contributed by atoms with Gasteiger partial charge in [-0.05, 0) is 24.7 Å². The van der Waals surface area contributed by atoms with Gasteiger partial charge in [0.1, 0.15) is 0 Å². The van der Waals surface area contributed by atoms with E-state index in [0.717, 1.165) is 37.8 Å². The van der Waals surface area contributed by atoms with E-state index in [-0.39, 0.29) is 12.5 Å². The van der Waals surface area contributed by atoms with Crippen LogP contribution in [-0.4, -0.2) is 53.2 Å². The number of hydrogen-bond donors (Lipinski definition) is 2. The number of nitrogens with zero attached hydrogens (tertiary/aromatic N) is 1. The molecule has 1 aliphatic rings. The van der Waals surface area contributed by atoms with Crippen molar-refractivity contribution in [2.45, 2.75) is 58.4 Å². The zero-order valence-corrected chi connectivity index (χ0v) is 15.1. The van der Waals surface area contributed by atoms with Gasteiger partial charge in [-0.3, -0.25) is 4.79 Å². The molecule has 4 nitrogen and oxygen atoms in total. The topological polar surface area (TPSA) is 66.6 Å². The van der Waals surface area contributed by atoms with Gasteiger partial charge in [0, 0.05) is 24.6 Å². The first-order chi connectivity index (χ1) is 10.5. The fourth-order valence-corrected chi connectivity index (χ4v) is 3.70. The van der Waals surface area contributed by atoms with Crippen LogP contribution in [0.5, 0.6) is 0 Å². The Morgan fingerprint density at radius 2 is 2.00 bits per heavy atom. The fraction of sp³-hybridized carbons (Fsp3) is 0.941. The second-order valence-electron chi connectivity index (χ2n) is 6.85. The molecule has 1 aliphatic heterocycles. The number of piperidine rings is 1. The average molecular weight is 331 g/mol. The first kappa shape index (κ1) is 19.8. The molecule has 1 amide bonds. The number of amides is 1. The maximum atomic E-state index is 12.3. The van der Waals surface area contributed by atoms with E-state index in [0.29, 0.717) is 11.5 Å². The number of aliphatic hydroxyl groups excluding tert-OH is 1. The van der Waals surface area contributed by atoms with Crippen LogP contribution in [-0.2, 0) is 4.79 Å². The lowest BCUT2D eigenvalue weighted by Crippen LogP contribution is -2.48. The molecule has 0 bridgehead atoms. The molecule has 1 saturated heterocycles. The molecule has 0 aromatic rings. The van der Waals surface area contributed by atoms with Crippen LogP contribution in [0.25, 0.3) is 0 Å². The van der Waals surface area contributed by atoms with Crippen LogP contribution in [0.15, 0.2) is 0 Å². The van der Waals surface area contributed by atoms with E-state index in [9.17, 15) is 4.79 Å². The van der Waals surface area contributed by atoms with E-state index in [1.54, 1.807) is 11.8 Å². The summed E-state index contributed by atoms with van der Waals surface area (Å²) in [5, 5.41) is 8.76. The van der Waals surface area contributed by atoms with E-state index in [4.69, 9.17) is 10.8 Å². The van der Waals surface area contributed by atoms with E-state index >= 15 is 0 Å². The molecule has 1 atom stereocenters. The Hall–Kier alpha value is -0.260. The van der Waals surface area contributed by atoms with Gasteiger partial charge in [0.05, 0.1) is 12.6 Å². The maximum Gasteiger partial charge on any atom is 0.240 e. The molecule has 0 spiro atoms. The average Bonchev–Trinajstić information content (AvgIpc) is 2.51. The van der Waals surface area contributed by atoms with Crippen LogP contribution in [0.2, 0.25) is 0 Å². The van der Waals surface area contributed by atoms with Gasteiger partial charge in [0.15, 0.2) is 0 Å². The number of thioether (sulfide) groups is 1. The highest BCUT2D eigenvalue weighted by molar-refractivity contribution is 7.99. The molecular formula is C17H34N2O2S. The molecule has 5 heteroatoms. The number of carbonyl (C=O) groups is 1. The predicted octanol–water partition coefficient (Wildman–Crippen LogP) is 2.49. The fourth-order valence-electron chi connectivity index (χ4n) is 3.01. The summed E-state index contributed by atoms with van der Waals surface area (Å²) in [4.78, 5) is 14.2. The molecule has 3 N–H and O–H groups in total. The van der Waals surface area contributed by atoms with Crippen LogP contribution in [0.4, 0.5) is 0 Å². The van der Waals surface area contributed by atoms with Crippen molar-refractivity contribution in [3.05, 3.63) is 0 Å². The van der Waals surface area contributed by atoms with Gasteiger partial charge in [0.2, 0.25) is 5.91 Å². The van der Waals surface area contributed by atoms with Crippen molar-refractivity contribution in [2.75, 3.05) is 31.2 Å². The molecule has 0 aliphatic carbocycles. The molecule has 0 radical (unpaired) electrons. The highest BCUT2D eigenvalue weighted by Crippen LogP contribution is 2.24. The molecular weight excluding hydrogens is 296 g/mol. The number of hydrogen-bond acceptors (Lipinski definition) is 4. The van der Waals surface area contributed by atoms with Crippen molar-refractivity contribution in [1.82, 2.24) is 4.90 Å². The third-order valence-electron chi connectivity index (χ3n) is 4.42. The van der Waals surface area contributed by atoms with Gasteiger partial charge in [0.25, 0.3) is 0 Å². The lowest BCUT2D eigenvalue weighted by Gasteiger charge is -2.33. The second kappa shape index (κ2) is 11.3. The molecule has 1 heterocycles. The standard InChI is InChI=1S/C17H34N2O2S/c1-14(2)5-3-4-6-15-7-9-19(10-8-15)17(21)16(18)13-22-12-11-20/h14-16,20H,3-13,18H2,1-2H3. The molecule has 1 unspecified atom stereocenters. The molecule has 0 aromatic carbocycles. The third-order valence-corrected chi connectivity index (χ3v) is 5.49. The lowest BCUT2D eigenvalue weighted by molar-refractivity contribution is -0.133. The minimum atomic E-state index is -0.417. The lowest BCUT2D eigenvalue weighted by atomic mass is 9.90. The van der Waals surface area contributed by atoms with E-state index in [1.807, 2.05) is 4.90 Å². The van der Waals surface area contributed by atoms with Crippen LogP contribution < -0.4 is 5.73 Å². The molecule has 1 rings (SSSR count). The largest absolute Gasteiger partial charge is 0.396 e. The van der Waals surface area contributed by atoms with Gasteiger partial charge < -0.3 is 15.7 Å². The van der Waals surface area contributed by atoms with Crippen molar-refractivity contribution in [3.8, 4) is 0 Å². The Labute approximate surface area is 140 Å². The monoisotopic (exact) mass is 330 g/mol. The Morgan fingerprint density at radius 3 is 2.59 bits per heavy atom. The Kier molecular flexibility index (Phi) is 10.2. The van der Waals surface area contributed by atoms with Crippen molar-refractivity contribution in [2.24, 2.45) is 17.6 Å². The Morgan fingerprint density at radius 1 is 1.32 bits per heavy atom. The van der Waals surface area contributed by atoms with Crippen LogP contribution in [0.3, 0.4) is 0 Å². The number of aliphatic hydroxyl groups is 1. The van der Waals surface area contributed by atoms with Crippen LogP contribution in [0.1, 0.15) is 52.4 Å². The summed E-state index contributed by atoms with van der Waals surface area (Å²) in [6.45, 7) is 6.45. The quantitative estimate of drug-likeness (QED) is 0.604. The minimum Gasteiger partial charge on any atom is -0.396 e. The molecule has 22 heavy (non-hydrogen) atoms. The minimum absolute atomic E-state index is 0.0868. The normalized spacial score (nSPS) is 18.0.